The van der Waals surface area contributed by atoms with Crippen LogP contribution < -0.4 is 0 Å². The van der Waals surface area contributed by atoms with Gasteiger partial charge in [0.25, 0.3) is 0 Å². The Bertz CT molecular complexity index is 871. The van der Waals surface area contributed by atoms with Crippen LogP contribution in [0, 0.1) is 0 Å². The van der Waals surface area contributed by atoms with E-state index in [1.807, 2.05) is 6.07 Å². The molecule has 0 amide bonds. The molecule has 0 bridgehead atoms. The number of aromatic nitrogens is 3. The Kier molecular flexibility index (Phi) is 2.43. The highest BCUT2D eigenvalue weighted by atomic mass is 79.9. The first-order valence-electron chi connectivity index (χ1n) is 5.08. The largest absolute Gasteiger partial charge is 0.353 e. The van der Waals surface area contributed by atoms with Crippen LogP contribution in [0.4, 0.5) is 0 Å². The summed E-state index contributed by atoms with van der Waals surface area (Å²) < 4.78 is 23.8. The van der Waals surface area contributed by atoms with E-state index >= 15 is 0 Å². The quantitative estimate of drug-likeness (QED) is 0.744. The monoisotopic (exact) mass is 325 g/mol. The minimum Gasteiger partial charge on any atom is -0.353 e. The lowest BCUT2D eigenvalue weighted by molar-refractivity contribution is 0.598. The van der Waals surface area contributed by atoms with Crippen LogP contribution in [0.15, 0.2) is 34.0 Å². The summed E-state index contributed by atoms with van der Waals surface area (Å²) in [5.41, 5.74) is 2.33. The molecule has 5 nitrogen and oxygen atoms in total. The topological polar surface area (TPSA) is 75.7 Å². The highest BCUT2D eigenvalue weighted by Crippen LogP contribution is 2.26. The molecule has 1 N–H and O–H groups in total. The fraction of sp³-hybridized carbons (Fsp3) is 0.0909. The van der Waals surface area contributed by atoms with Crippen molar-refractivity contribution >= 4 is 47.7 Å². The number of H-pyrrole nitrogens is 1. The molecule has 0 aromatic carbocycles. The molecule has 0 saturated carbocycles. The van der Waals surface area contributed by atoms with Crippen molar-refractivity contribution in [2.45, 2.75) is 5.03 Å². The maximum absolute atomic E-state index is 11.4. The summed E-state index contributed by atoms with van der Waals surface area (Å²) in [6.45, 7) is 0. The van der Waals surface area contributed by atoms with Crippen molar-refractivity contribution in [3.63, 3.8) is 0 Å². The number of aromatic amines is 1. The molecule has 3 heterocycles. The summed E-state index contributed by atoms with van der Waals surface area (Å²) in [5.74, 6) is 0. The van der Waals surface area contributed by atoms with Gasteiger partial charge in [-0.2, -0.15) is 0 Å². The van der Waals surface area contributed by atoms with E-state index in [4.69, 9.17) is 0 Å². The second-order valence-electron chi connectivity index (χ2n) is 4.01. The van der Waals surface area contributed by atoms with Crippen LogP contribution in [0.3, 0.4) is 0 Å². The number of sulfone groups is 1. The molecule has 3 aromatic heterocycles. The molecular weight excluding hydrogens is 318 g/mol. The smallest absolute Gasteiger partial charge is 0.192 e. The highest BCUT2D eigenvalue weighted by Gasteiger charge is 2.12. The van der Waals surface area contributed by atoms with Gasteiger partial charge in [0.15, 0.2) is 14.9 Å². The average Bonchev–Trinajstić information content (AvgIpc) is 2.63. The third-order valence-corrected chi connectivity index (χ3v) is 4.05. The Morgan fingerprint density at radius 3 is 2.67 bits per heavy atom. The summed E-state index contributed by atoms with van der Waals surface area (Å²) in [6, 6.07) is 3.42. The van der Waals surface area contributed by atoms with E-state index in [1.54, 1.807) is 6.20 Å². The molecule has 0 aliphatic rings. The molecule has 0 aliphatic heterocycles. The summed E-state index contributed by atoms with van der Waals surface area (Å²) >= 11 is 3.34. The Hall–Kier alpha value is -1.47. The van der Waals surface area contributed by atoms with Gasteiger partial charge in [-0.15, -0.1) is 0 Å². The predicted octanol–water partition coefficient (Wildman–Crippen LogP) is 2.28. The van der Waals surface area contributed by atoms with Crippen molar-refractivity contribution < 1.29 is 8.42 Å². The van der Waals surface area contributed by atoms with Gasteiger partial charge in [0.05, 0.1) is 16.6 Å². The number of nitrogens with one attached hydrogen (secondary N) is 1. The van der Waals surface area contributed by atoms with Crippen LogP contribution in [0.5, 0.6) is 0 Å². The van der Waals surface area contributed by atoms with Crippen molar-refractivity contribution in [1.29, 1.82) is 0 Å². The van der Waals surface area contributed by atoms with E-state index < -0.39 is 9.84 Å². The molecule has 0 saturated heterocycles. The standard InChI is InChI=1S/C11H8BrN3O2S/c1-18(16,17)10-3-8-7(5-13-10)11-9(15-8)2-6(12)4-14-11/h2-5,15H,1H3. The van der Waals surface area contributed by atoms with Gasteiger partial charge >= 0.3 is 0 Å². The Morgan fingerprint density at radius 1 is 1.17 bits per heavy atom. The summed E-state index contributed by atoms with van der Waals surface area (Å²) in [7, 11) is -3.30. The molecule has 0 spiro atoms. The summed E-state index contributed by atoms with van der Waals surface area (Å²) in [4.78, 5) is 11.4. The third-order valence-electron chi connectivity index (χ3n) is 2.64. The predicted molar refractivity (Wildman–Crippen MR) is 72.2 cm³/mol. The first kappa shape index (κ1) is 11.6. The van der Waals surface area contributed by atoms with Crippen molar-refractivity contribution in [2.24, 2.45) is 0 Å². The zero-order valence-electron chi connectivity index (χ0n) is 9.31. The van der Waals surface area contributed by atoms with Gasteiger partial charge < -0.3 is 4.98 Å². The lowest BCUT2D eigenvalue weighted by Gasteiger charge is -1.96. The minimum absolute atomic E-state index is 0.0561. The first-order chi connectivity index (χ1) is 8.45. The van der Waals surface area contributed by atoms with E-state index in [2.05, 4.69) is 30.9 Å². The number of hydrogen-bond donors (Lipinski definition) is 1. The number of fused-ring (bicyclic) bond motifs is 3. The summed E-state index contributed by atoms with van der Waals surface area (Å²) in [5, 5.41) is 0.866. The van der Waals surface area contributed by atoms with E-state index in [-0.39, 0.29) is 5.03 Å². The maximum atomic E-state index is 11.4. The number of hydrogen-bond acceptors (Lipinski definition) is 4. The fourth-order valence-electron chi connectivity index (χ4n) is 1.83. The number of pyridine rings is 2. The van der Waals surface area contributed by atoms with Gasteiger partial charge in [-0.3, -0.25) is 4.98 Å². The molecule has 0 aliphatic carbocycles. The lowest BCUT2D eigenvalue weighted by atomic mass is 10.3. The zero-order chi connectivity index (χ0) is 12.9. The van der Waals surface area contributed by atoms with E-state index in [9.17, 15) is 8.42 Å². The molecule has 0 atom stereocenters. The van der Waals surface area contributed by atoms with E-state index in [0.717, 1.165) is 27.1 Å². The van der Waals surface area contributed by atoms with Crippen molar-refractivity contribution in [3.05, 3.63) is 29.0 Å². The van der Waals surface area contributed by atoms with Gasteiger partial charge in [0.2, 0.25) is 0 Å². The van der Waals surface area contributed by atoms with Crippen LogP contribution >= 0.6 is 15.9 Å². The molecule has 0 radical (unpaired) electrons. The van der Waals surface area contributed by atoms with Crippen LogP contribution in [0.2, 0.25) is 0 Å². The minimum atomic E-state index is -3.30. The van der Waals surface area contributed by atoms with Crippen LogP contribution in [0.25, 0.3) is 21.9 Å². The average molecular weight is 326 g/mol. The van der Waals surface area contributed by atoms with Crippen LogP contribution in [-0.4, -0.2) is 29.6 Å². The second kappa shape index (κ2) is 3.76. The van der Waals surface area contributed by atoms with E-state index in [1.165, 1.54) is 12.3 Å². The Morgan fingerprint density at radius 2 is 1.94 bits per heavy atom. The van der Waals surface area contributed by atoms with Crippen LogP contribution in [-0.2, 0) is 9.84 Å². The third kappa shape index (κ3) is 1.79. The van der Waals surface area contributed by atoms with Crippen molar-refractivity contribution in [3.8, 4) is 0 Å². The van der Waals surface area contributed by atoms with Crippen molar-refractivity contribution in [2.75, 3.05) is 6.26 Å². The van der Waals surface area contributed by atoms with Gasteiger partial charge in [-0.05, 0) is 28.1 Å². The normalized spacial score (nSPS) is 12.3. The lowest BCUT2D eigenvalue weighted by Crippen LogP contribution is -1.99. The highest BCUT2D eigenvalue weighted by molar-refractivity contribution is 9.10. The molecule has 0 unspecified atom stereocenters. The Balaban J connectivity index is 2.40. The molecular formula is C11H8BrN3O2S. The molecule has 3 rings (SSSR count). The van der Waals surface area contributed by atoms with Gasteiger partial charge in [0, 0.05) is 28.5 Å². The molecule has 0 fully saturated rings. The molecule has 92 valence electrons. The second-order valence-corrected chi connectivity index (χ2v) is 6.89. The van der Waals surface area contributed by atoms with Crippen LogP contribution in [0.1, 0.15) is 0 Å². The van der Waals surface area contributed by atoms with Crippen molar-refractivity contribution in [1.82, 2.24) is 15.0 Å². The van der Waals surface area contributed by atoms with Gasteiger partial charge in [-0.25, -0.2) is 13.4 Å². The first-order valence-corrected chi connectivity index (χ1v) is 7.76. The summed E-state index contributed by atoms with van der Waals surface area (Å²) in [6.07, 6.45) is 4.37. The molecule has 7 heteroatoms. The zero-order valence-corrected chi connectivity index (χ0v) is 11.7. The Labute approximate surface area is 111 Å². The van der Waals surface area contributed by atoms with E-state index in [0.29, 0.717) is 5.52 Å². The van der Waals surface area contributed by atoms with Gasteiger partial charge in [0.1, 0.15) is 0 Å². The number of rotatable bonds is 1. The molecule has 18 heavy (non-hydrogen) atoms. The SMILES string of the molecule is CS(=O)(=O)c1cc2[nH]c3cc(Br)cnc3c2cn1. The maximum Gasteiger partial charge on any atom is 0.192 e. The molecule has 3 aromatic rings. The number of halogens is 1. The fourth-order valence-corrected chi connectivity index (χ4v) is 2.73. The van der Waals surface area contributed by atoms with Gasteiger partial charge in [-0.1, -0.05) is 0 Å². The number of nitrogens with zero attached hydrogens (tertiary/aromatic N) is 2.